The van der Waals surface area contributed by atoms with E-state index in [0.717, 1.165) is 23.2 Å². The van der Waals surface area contributed by atoms with E-state index < -0.39 is 7.14 Å². The summed E-state index contributed by atoms with van der Waals surface area (Å²) in [6, 6.07) is 16.6. The lowest BCUT2D eigenvalue weighted by Crippen LogP contribution is -2.18. The van der Waals surface area contributed by atoms with Crippen molar-refractivity contribution in [1.82, 2.24) is 0 Å². The lowest BCUT2D eigenvalue weighted by atomic mass is 10.1. The molecule has 0 aliphatic heterocycles. The second-order valence-electron chi connectivity index (χ2n) is 7.61. The molecule has 0 fully saturated rings. The molecule has 0 spiro atoms. The van der Waals surface area contributed by atoms with Crippen LogP contribution in [0.15, 0.2) is 48.5 Å². The van der Waals surface area contributed by atoms with E-state index in [1.54, 1.807) is 0 Å². The average molecular weight is 371 g/mol. The van der Waals surface area contributed by atoms with E-state index >= 15 is 0 Å². The van der Waals surface area contributed by atoms with Crippen molar-refractivity contribution in [3.05, 3.63) is 59.7 Å². The molecule has 1 nitrogen and oxygen atoms in total. The number of unbranched alkanes of at least 4 members (excludes halogenated alkanes) is 7. The molecule has 0 atom stereocenters. The topological polar surface area (TPSA) is 17.1 Å². The van der Waals surface area contributed by atoms with Gasteiger partial charge < -0.3 is 4.57 Å². The van der Waals surface area contributed by atoms with Crippen LogP contribution in [-0.4, -0.2) is 6.16 Å². The second-order valence-corrected chi connectivity index (χ2v) is 10.6. The molecule has 0 unspecified atom stereocenters. The van der Waals surface area contributed by atoms with Crippen LogP contribution in [0, 0.1) is 13.8 Å². The van der Waals surface area contributed by atoms with Crippen LogP contribution in [0.5, 0.6) is 0 Å². The second kappa shape index (κ2) is 10.7. The first-order valence-corrected chi connectivity index (χ1v) is 12.2. The Kier molecular flexibility index (Phi) is 8.66. The first kappa shape index (κ1) is 21.0. The molecule has 0 aliphatic carbocycles. The fraction of sp³-hybridized carbons (Fsp3) is 0.500. The largest absolute Gasteiger partial charge is 0.314 e. The molecule has 0 saturated heterocycles. The van der Waals surface area contributed by atoms with Crippen LogP contribution in [-0.2, 0) is 4.57 Å². The standard InChI is InChI=1S/C24H35OP/c1-4-5-6-7-8-9-10-11-20-26(25,23-16-12-21(2)13-17-23)24-18-14-22(3)15-19-24/h12-19H,4-11,20H2,1-3H3. The molecular formula is C24H35OP. The summed E-state index contributed by atoms with van der Waals surface area (Å²) in [5.74, 6) is 0. The quantitative estimate of drug-likeness (QED) is 0.315. The van der Waals surface area contributed by atoms with Crippen LogP contribution in [0.1, 0.15) is 69.4 Å². The summed E-state index contributed by atoms with van der Waals surface area (Å²) in [4.78, 5) is 0. The van der Waals surface area contributed by atoms with Gasteiger partial charge in [-0.05, 0) is 20.3 Å². The molecular weight excluding hydrogens is 335 g/mol. The van der Waals surface area contributed by atoms with Crippen LogP contribution < -0.4 is 10.6 Å². The van der Waals surface area contributed by atoms with Gasteiger partial charge in [-0.25, -0.2) is 0 Å². The minimum Gasteiger partial charge on any atom is -0.314 e. The maximum Gasteiger partial charge on any atom is 0.143 e. The third-order valence-corrected chi connectivity index (χ3v) is 8.44. The van der Waals surface area contributed by atoms with Gasteiger partial charge in [-0.2, -0.15) is 0 Å². The van der Waals surface area contributed by atoms with Crippen molar-refractivity contribution in [2.45, 2.75) is 72.1 Å². The normalized spacial score (nSPS) is 11.7. The Bertz CT molecular complexity index is 636. The summed E-state index contributed by atoms with van der Waals surface area (Å²) in [6.45, 7) is 6.42. The van der Waals surface area contributed by atoms with Crippen molar-refractivity contribution >= 4 is 17.8 Å². The highest BCUT2D eigenvalue weighted by Crippen LogP contribution is 2.44. The zero-order valence-electron chi connectivity index (χ0n) is 16.8. The van der Waals surface area contributed by atoms with E-state index in [4.69, 9.17) is 0 Å². The van der Waals surface area contributed by atoms with Crippen LogP contribution in [0.2, 0.25) is 0 Å². The van der Waals surface area contributed by atoms with Gasteiger partial charge in [0.15, 0.2) is 0 Å². The molecule has 2 rings (SSSR count). The zero-order valence-corrected chi connectivity index (χ0v) is 17.7. The number of hydrogen-bond acceptors (Lipinski definition) is 1. The number of benzene rings is 2. The lowest BCUT2D eigenvalue weighted by Gasteiger charge is -2.20. The van der Waals surface area contributed by atoms with E-state index in [-0.39, 0.29) is 0 Å². The summed E-state index contributed by atoms with van der Waals surface area (Å²) in [5.41, 5.74) is 2.44. The van der Waals surface area contributed by atoms with E-state index in [9.17, 15) is 4.57 Å². The van der Waals surface area contributed by atoms with Gasteiger partial charge >= 0.3 is 0 Å². The van der Waals surface area contributed by atoms with Gasteiger partial charge in [0.1, 0.15) is 7.14 Å². The third-order valence-electron chi connectivity index (χ3n) is 5.23. The van der Waals surface area contributed by atoms with E-state index in [0.29, 0.717) is 0 Å². The summed E-state index contributed by atoms with van der Waals surface area (Å²) in [6.07, 6.45) is 11.0. The molecule has 2 aromatic carbocycles. The van der Waals surface area contributed by atoms with Crippen molar-refractivity contribution < 1.29 is 4.57 Å². The summed E-state index contributed by atoms with van der Waals surface area (Å²) in [7, 11) is -2.53. The molecule has 0 radical (unpaired) electrons. The maximum atomic E-state index is 14.0. The molecule has 0 saturated carbocycles. The minimum absolute atomic E-state index is 0.786. The van der Waals surface area contributed by atoms with Crippen molar-refractivity contribution in [2.24, 2.45) is 0 Å². The Morgan fingerprint density at radius 1 is 0.615 bits per heavy atom. The highest BCUT2D eigenvalue weighted by molar-refractivity contribution is 7.78. The van der Waals surface area contributed by atoms with E-state index in [1.807, 2.05) is 0 Å². The van der Waals surface area contributed by atoms with Gasteiger partial charge in [0.25, 0.3) is 0 Å². The highest BCUT2D eigenvalue weighted by Gasteiger charge is 2.26. The average Bonchev–Trinajstić information content (AvgIpc) is 2.65. The maximum absolute atomic E-state index is 14.0. The van der Waals surface area contributed by atoms with Crippen molar-refractivity contribution in [3.63, 3.8) is 0 Å². The molecule has 2 aromatic rings. The molecule has 0 aliphatic rings. The number of rotatable bonds is 11. The molecule has 2 heteroatoms. The fourth-order valence-electron chi connectivity index (χ4n) is 3.45. The first-order valence-electron chi connectivity index (χ1n) is 10.3. The summed E-state index contributed by atoms with van der Waals surface area (Å²) in [5, 5.41) is 2.02. The summed E-state index contributed by atoms with van der Waals surface area (Å²) >= 11 is 0. The molecule has 26 heavy (non-hydrogen) atoms. The predicted molar refractivity (Wildman–Crippen MR) is 117 cm³/mol. The van der Waals surface area contributed by atoms with Gasteiger partial charge in [0.05, 0.1) is 0 Å². The van der Waals surface area contributed by atoms with Crippen LogP contribution in [0.25, 0.3) is 0 Å². The Hall–Kier alpha value is -1.33. The van der Waals surface area contributed by atoms with Crippen LogP contribution in [0.4, 0.5) is 0 Å². The van der Waals surface area contributed by atoms with E-state index in [2.05, 4.69) is 69.3 Å². The monoisotopic (exact) mass is 370 g/mol. The molecule has 142 valence electrons. The van der Waals surface area contributed by atoms with Gasteiger partial charge in [-0.1, -0.05) is 112 Å². The smallest absolute Gasteiger partial charge is 0.143 e. The van der Waals surface area contributed by atoms with Gasteiger partial charge in [-0.3, -0.25) is 0 Å². The molecule has 0 heterocycles. The molecule has 0 amide bonds. The van der Waals surface area contributed by atoms with Gasteiger partial charge in [0, 0.05) is 16.8 Å². The van der Waals surface area contributed by atoms with E-state index in [1.165, 1.54) is 56.1 Å². The van der Waals surface area contributed by atoms with Gasteiger partial charge in [0.2, 0.25) is 0 Å². The number of hydrogen-bond donors (Lipinski definition) is 0. The minimum atomic E-state index is -2.53. The molecule has 0 aromatic heterocycles. The predicted octanol–water partition coefficient (Wildman–Crippen LogP) is 6.76. The highest BCUT2D eigenvalue weighted by atomic mass is 31.2. The molecule has 0 bridgehead atoms. The van der Waals surface area contributed by atoms with Crippen LogP contribution in [0.3, 0.4) is 0 Å². The Labute approximate surface area is 160 Å². The van der Waals surface area contributed by atoms with Crippen molar-refractivity contribution in [2.75, 3.05) is 6.16 Å². The Morgan fingerprint density at radius 3 is 1.42 bits per heavy atom. The number of aryl methyl sites for hydroxylation is 2. The lowest BCUT2D eigenvalue weighted by molar-refractivity contribution is 0.572. The first-order chi connectivity index (χ1) is 12.6. The van der Waals surface area contributed by atoms with Crippen molar-refractivity contribution in [1.29, 1.82) is 0 Å². The van der Waals surface area contributed by atoms with Gasteiger partial charge in [-0.15, -0.1) is 0 Å². The fourth-order valence-corrected chi connectivity index (χ4v) is 6.19. The third kappa shape index (κ3) is 6.13. The zero-order chi connectivity index (χ0) is 18.8. The Morgan fingerprint density at radius 2 is 1.00 bits per heavy atom. The SMILES string of the molecule is CCCCCCCCCCP(=O)(c1ccc(C)cc1)c1ccc(C)cc1. The Balaban J connectivity index is 2.01. The molecule has 0 N–H and O–H groups in total. The van der Waals surface area contributed by atoms with Crippen LogP contribution >= 0.6 is 7.14 Å². The van der Waals surface area contributed by atoms with Crippen molar-refractivity contribution in [3.8, 4) is 0 Å². The summed E-state index contributed by atoms with van der Waals surface area (Å²) < 4.78 is 14.0.